The number of benzene rings is 1. The number of ether oxygens (including phenoxy) is 1. The lowest BCUT2D eigenvalue weighted by atomic mass is 10.1. The third kappa shape index (κ3) is 4.40. The van der Waals surface area contributed by atoms with Crippen molar-refractivity contribution in [3.05, 3.63) is 33.9 Å². The predicted molar refractivity (Wildman–Crippen MR) is 79.0 cm³/mol. The standard InChI is InChI=1S/C13H20N4O4/c1-3-16(7-8-21-4-2)13(18)11-9-10(17(19)20)5-6-12(11)15-14/h5-6,9,15H,3-4,7-8,14H2,1-2H3. The Balaban J connectivity index is 3.02. The van der Waals surface area contributed by atoms with E-state index in [2.05, 4.69) is 5.43 Å². The zero-order chi connectivity index (χ0) is 15.8. The number of hydrogen-bond acceptors (Lipinski definition) is 6. The number of nitrogens with one attached hydrogen (secondary N) is 1. The van der Waals surface area contributed by atoms with Crippen LogP contribution in [-0.4, -0.2) is 42.0 Å². The first kappa shape index (κ1) is 16.9. The van der Waals surface area contributed by atoms with Gasteiger partial charge in [-0.1, -0.05) is 0 Å². The van der Waals surface area contributed by atoms with Crippen LogP contribution in [0.15, 0.2) is 18.2 Å². The van der Waals surface area contributed by atoms with E-state index in [4.69, 9.17) is 10.6 Å². The largest absolute Gasteiger partial charge is 0.380 e. The van der Waals surface area contributed by atoms with Crippen LogP contribution in [0.4, 0.5) is 11.4 Å². The molecule has 0 atom stereocenters. The number of nitrogens with two attached hydrogens (primary N) is 1. The highest BCUT2D eigenvalue weighted by molar-refractivity contribution is 6.00. The Labute approximate surface area is 123 Å². The molecule has 0 heterocycles. The van der Waals surface area contributed by atoms with Crippen molar-refractivity contribution in [1.82, 2.24) is 4.90 Å². The molecule has 1 aromatic carbocycles. The number of hydrogen-bond donors (Lipinski definition) is 2. The highest BCUT2D eigenvalue weighted by Gasteiger charge is 2.20. The van der Waals surface area contributed by atoms with Crippen LogP contribution in [0.25, 0.3) is 0 Å². The highest BCUT2D eigenvalue weighted by Crippen LogP contribution is 2.22. The second-order valence-corrected chi connectivity index (χ2v) is 4.21. The molecule has 0 aromatic heterocycles. The van der Waals surface area contributed by atoms with Gasteiger partial charge < -0.3 is 15.1 Å². The van der Waals surface area contributed by atoms with E-state index < -0.39 is 4.92 Å². The van der Waals surface area contributed by atoms with Crippen LogP contribution in [0, 0.1) is 10.1 Å². The van der Waals surface area contributed by atoms with Crippen molar-refractivity contribution in [1.29, 1.82) is 0 Å². The molecule has 21 heavy (non-hydrogen) atoms. The molecule has 0 saturated heterocycles. The van der Waals surface area contributed by atoms with E-state index in [-0.39, 0.29) is 17.2 Å². The second kappa shape index (κ2) is 8.18. The van der Waals surface area contributed by atoms with Crippen molar-refractivity contribution in [3.63, 3.8) is 0 Å². The quantitative estimate of drug-likeness (QED) is 0.324. The van der Waals surface area contributed by atoms with Crippen LogP contribution in [0.2, 0.25) is 0 Å². The molecule has 8 heteroatoms. The molecule has 1 aromatic rings. The third-order valence-corrected chi connectivity index (χ3v) is 2.98. The summed E-state index contributed by atoms with van der Waals surface area (Å²) in [4.78, 5) is 24.3. The summed E-state index contributed by atoms with van der Waals surface area (Å²) in [5, 5.41) is 10.8. The number of likely N-dealkylation sites (N-methyl/N-ethyl adjacent to an activating group) is 1. The van der Waals surface area contributed by atoms with Crippen LogP contribution in [0.3, 0.4) is 0 Å². The van der Waals surface area contributed by atoms with Gasteiger partial charge in [-0.3, -0.25) is 20.8 Å². The van der Waals surface area contributed by atoms with Crippen LogP contribution >= 0.6 is 0 Å². The first-order valence-corrected chi connectivity index (χ1v) is 6.67. The fourth-order valence-electron chi connectivity index (χ4n) is 1.84. The molecule has 0 aliphatic heterocycles. The van der Waals surface area contributed by atoms with E-state index in [0.29, 0.717) is 32.0 Å². The molecule has 3 N–H and O–H groups in total. The molecule has 0 aliphatic rings. The Bertz CT molecular complexity index is 507. The summed E-state index contributed by atoms with van der Waals surface area (Å²) in [5.41, 5.74) is 2.75. The molecule has 1 amide bonds. The predicted octanol–water partition coefficient (Wildman–Crippen LogP) is 1.38. The number of carbonyl (C=O) groups is 1. The fraction of sp³-hybridized carbons (Fsp3) is 0.462. The Hall–Kier alpha value is -2.19. The summed E-state index contributed by atoms with van der Waals surface area (Å²) in [6, 6.07) is 3.94. The molecular weight excluding hydrogens is 276 g/mol. The highest BCUT2D eigenvalue weighted by atomic mass is 16.6. The van der Waals surface area contributed by atoms with E-state index in [1.165, 1.54) is 18.2 Å². The Morgan fingerprint density at radius 3 is 2.71 bits per heavy atom. The van der Waals surface area contributed by atoms with Crippen molar-refractivity contribution in [2.24, 2.45) is 5.84 Å². The fourth-order valence-corrected chi connectivity index (χ4v) is 1.84. The summed E-state index contributed by atoms with van der Waals surface area (Å²) < 4.78 is 5.23. The number of hydrazine groups is 1. The molecule has 0 unspecified atom stereocenters. The Kier molecular flexibility index (Phi) is 6.57. The van der Waals surface area contributed by atoms with Crippen LogP contribution in [0.5, 0.6) is 0 Å². The SMILES string of the molecule is CCOCCN(CC)C(=O)c1cc([N+](=O)[O-])ccc1NN. The number of nitrogens with zero attached hydrogens (tertiary/aromatic N) is 2. The van der Waals surface area contributed by atoms with E-state index >= 15 is 0 Å². The van der Waals surface area contributed by atoms with Crippen molar-refractivity contribution in [2.45, 2.75) is 13.8 Å². The smallest absolute Gasteiger partial charge is 0.270 e. The zero-order valence-electron chi connectivity index (χ0n) is 12.2. The number of nitrogen functional groups attached to an aromatic ring is 1. The maximum Gasteiger partial charge on any atom is 0.270 e. The molecule has 0 aliphatic carbocycles. The van der Waals surface area contributed by atoms with Crippen LogP contribution in [-0.2, 0) is 4.74 Å². The summed E-state index contributed by atoms with van der Waals surface area (Å²) in [6.07, 6.45) is 0. The first-order valence-electron chi connectivity index (χ1n) is 6.67. The molecule has 0 spiro atoms. The van der Waals surface area contributed by atoms with Gasteiger partial charge in [0.1, 0.15) is 0 Å². The molecule has 0 fully saturated rings. The van der Waals surface area contributed by atoms with Gasteiger partial charge in [-0.2, -0.15) is 0 Å². The van der Waals surface area contributed by atoms with Gasteiger partial charge in [0.05, 0.1) is 22.8 Å². The average molecular weight is 296 g/mol. The van der Waals surface area contributed by atoms with E-state index in [1.807, 2.05) is 13.8 Å². The number of carbonyl (C=O) groups excluding carboxylic acids is 1. The van der Waals surface area contributed by atoms with Crippen LogP contribution < -0.4 is 11.3 Å². The van der Waals surface area contributed by atoms with Gasteiger partial charge >= 0.3 is 0 Å². The van der Waals surface area contributed by atoms with Gasteiger partial charge in [-0.25, -0.2) is 0 Å². The second-order valence-electron chi connectivity index (χ2n) is 4.21. The molecule has 116 valence electrons. The van der Waals surface area contributed by atoms with E-state index in [9.17, 15) is 14.9 Å². The maximum absolute atomic E-state index is 12.5. The topological polar surface area (TPSA) is 111 Å². The van der Waals surface area contributed by atoms with E-state index in [0.717, 1.165) is 0 Å². The molecule has 0 radical (unpaired) electrons. The van der Waals surface area contributed by atoms with E-state index in [1.54, 1.807) is 4.90 Å². The number of nitro benzene ring substituents is 1. The average Bonchev–Trinajstić information content (AvgIpc) is 2.50. The zero-order valence-corrected chi connectivity index (χ0v) is 12.2. The number of nitro groups is 1. The summed E-state index contributed by atoms with van der Waals surface area (Å²) in [7, 11) is 0. The van der Waals surface area contributed by atoms with Crippen molar-refractivity contribution >= 4 is 17.3 Å². The minimum absolute atomic E-state index is 0.154. The number of amides is 1. The normalized spacial score (nSPS) is 10.2. The number of anilines is 1. The van der Waals surface area contributed by atoms with Gasteiger partial charge in [0.2, 0.25) is 0 Å². The lowest BCUT2D eigenvalue weighted by molar-refractivity contribution is -0.384. The van der Waals surface area contributed by atoms with Gasteiger partial charge in [-0.05, 0) is 19.9 Å². The lowest BCUT2D eigenvalue weighted by Crippen LogP contribution is -2.34. The van der Waals surface area contributed by atoms with Crippen molar-refractivity contribution in [3.8, 4) is 0 Å². The minimum Gasteiger partial charge on any atom is -0.380 e. The Morgan fingerprint density at radius 1 is 1.48 bits per heavy atom. The number of rotatable bonds is 8. The van der Waals surface area contributed by atoms with Crippen molar-refractivity contribution in [2.75, 3.05) is 31.7 Å². The minimum atomic E-state index is -0.548. The summed E-state index contributed by atoms with van der Waals surface area (Å²) in [5.74, 6) is 5.04. The molecule has 0 saturated carbocycles. The van der Waals surface area contributed by atoms with Gasteiger partial charge in [0.15, 0.2) is 0 Å². The number of non-ortho nitro benzene ring substituents is 1. The molecule has 1 rings (SSSR count). The first-order chi connectivity index (χ1) is 10.0. The maximum atomic E-state index is 12.5. The lowest BCUT2D eigenvalue weighted by Gasteiger charge is -2.22. The Morgan fingerprint density at radius 2 is 2.19 bits per heavy atom. The van der Waals surface area contributed by atoms with Crippen molar-refractivity contribution < 1.29 is 14.5 Å². The summed E-state index contributed by atoms with van der Waals surface area (Å²) >= 11 is 0. The van der Waals surface area contributed by atoms with Crippen LogP contribution in [0.1, 0.15) is 24.2 Å². The third-order valence-electron chi connectivity index (χ3n) is 2.98. The van der Waals surface area contributed by atoms with Gasteiger partial charge in [-0.15, -0.1) is 0 Å². The molecule has 0 bridgehead atoms. The summed E-state index contributed by atoms with van der Waals surface area (Å²) in [6.45, 7) is 5.56. The van der Waals surface area contributed by atoms with Gasteiger partial charge in [0, 0.05) is 31.8 Å². The van der Waals surface area contributed by atoms with Gasteiger partial charge in [0.25, 0.3) is 11.6 Å². The monoisotopic (exact) mass is 296 g/mol. The molecular formula is C13H20N4O4. The molecule has 8 nitrogen and oxygen atoms in total.